The average molecular weight is 452 g/mol. The van der Waals surface area contributed by atoms with Gasteiger partial charge in [-0.2, -0.15) is 0 Å². The van der Waals surface area contributed by atoms with Crippen LogP contribution in [-0.4, -0.2) is 82.6 Å². The summed E-state index contributed by atoms with van der Waals surface area (Å²) in [6, 6.07) is 19.4. The van der Waals surface area contributed by atoms with Gasteiger partial charge in [0.2, 0.25) is 5.82 Å². The number of para-hydroxylation sites is 1. The topological polar surface area (TPSA) is 88.4 Å². The van der Waals surface area contributed by atoms with Crippen LogP contribution in [0.5, 0.6) is 0 Å². The summed E-state index contributed by atoms with van der Waals surface area (Å²) in [6.07, 6.45) is 0.680. The first-order chi connectivity index (χ1) is 15.5. The molecule has 2 aliphatic rings. The molecule has 0 radical (unpaired) electrons. The lowest BCUT2D eigenvalue weighted by molar-refractivity contribution is 0.0576. The maximum absolute atomic E-state index is 13.2. The van der Waals surface area contributed by atoms with E-state index in [-0.39, 0.29) is 29.3 Å². The number of sulfone groups is 1. The molecule has 0 aliphatic carbocycles. The van der Waals surface area contributed by atoms with Crippen molar-refractivity contribution >= 4 is 15.7 Å². The van der Waals surface area contributed by atoms with E-state index >= 15 is 0 Å². The van der Waals surface area contributed by atoms with Crippen LogP contribution in [0.3, 0.4) is 0 Å². The zero-order valence-electron chi connectivity index (χ0n) is 17.7. The molecule has 2 aromatic carbocycles. The van der Waals surface area contributed by atoms with Crippen molar-refractivity contribution in [3.63, 3.8) is 0 Å². The minimum Gasteiger partial charge on any atom is -0.333 e. The highest BCUT2D eigenvalue weighted by atomic mass is 32.2. The van der Waals surface area contributed by atoms with Gasteiger partial charge in [0.1, 0.15) is 0 Å². The largest absolute Gasteiger partial charge is 0.333 e. The van der Waals surface area contributed by atoms with Crippen LogP contribution in [0.15, 0.2) is 60.7 Å². The summed E-state index contributed by atoms with van der Waals surface area (Å²) in [7, 11) is -2.92. The Morgan fingerprint density at radius 3 is 2.19 bits per heavy atom. The molecule has 0 bridgehead atoms. The number of piperazine rings is 1. The molecule has 3 heterocycles. The lowest BCUT2D eigenvalue weighted by Crippen LogP contribution is -2.52. The smallest absolute Gasteiger partial charge is 0.293 e. The predicted octanol–water partition coefficient (Wildman–Crippen LogP) is 1.88. The third-order valence-electron chi connectivity index (χ3n) is 6.16. The fourth-order valence-corrected chi connectivity index (χ4v) is 6.18. The molecule has 1 aromatic heterocycles. The van der Waals surface area contributed by atoms with Crippen LogP contribution in [0.2, 0.25) is 0 Å². The number of aromatic nitrogens is 3. The Hall–Kier alpha value is -3.04. The highest BCUT2D eigenvalue weighted by Gasteiger charge is 2.35. The van der Waals surface area contributed by atoms with Crippen molar-refractivity contribution in [3.05, 3.63) is 66.5 Å². The molecular weight excluding hydrogens is 426 g/mol. The Labute approximate surface area is 187 Å². The first-order valence-corrected chi connectivity index (χ1v) is 12.6. The van der Waals surface area contributed by atoms with Crippen molar-refractivity contribution in [2.75, 3.05) is 37.7 Å². The number of nitrogens with zero attached hydrogens (tertiary/aromatic N) is 5. The molecule has 0 unspecified atom stereocenters. The Morgan fingerprint density at radius 1 is 0.906 bits per heavy atom. The van der Waals surface area contributed by atoms with Gasteiger partial charge >= 0.3 is 0 Å². The molecule has 32 heavy (non-hydrogen) atoms. The van der Waals surface area contributed by atoms with E-state index in [1.54, 1.807) is 9.58 Å². The van der Waals surface area contributed by atoms with Crippen LogP contribution >= 0.6 is 0 Å². The molecule has 8 nitrogen and oxygen atoms in total. The third-order valence-corrected chi connectivity index (χ3v) is 7.91. The molecule has 5 rings (SSSR count). The fraction of sp³-hybridized carbons (Fsp3) is 0.348. The number of amides is 1. The predicted molar refractivity (Wildman–Crippen MR) is 121 cm³/mol. The van der Waals surface area contributed by atoms with Crippen LogP contribution in [-0.2, 0) is 9.84 Å². The number of benzene rings is 2. The maximum Gasteiger partial charge on any atom is 0.293 e. The summed E-state index contributed by atoms with van der Waals surface area (Å²) < 4.78 is 25.3. The van der Waals surface area contributed by atoms with Gasteiger partial charge in [0, 0.05) is 37.8 Å². The van der Waals surface area contributed by atoms with Gasteiger partial charge in [0.15, 0.2) is 15.7 Å². The molecule has 166 valence electrons. The van der Waals surface area contributed by atoms with Crippen molar-refractivity contribution in [2.45, 2.75) is 12.5 Å². The molecule has 1 atom stereocenters. The molecule has 0 N–H and O–H groups in total. The van der Waals surface area contributed by atoms with E-state index in [9.17, 15) is 13.2 Å². The van der Waals surface area contributed by atoms with Gasteiger partial charge in [0.25, 0.3) is 5.91 Å². The number of hydrogen-bond acceptors (Lipinski definition) is 6. The molecule has 0 spiro atoms. The Kier molecular flexibility index (Phi) is 5.52. The SMILES string of the molecule is O=C(c1nc(-c2ccccc2)n(-c2ccccc2)n1)N1CCN([C@@H]2CCS(=O)(=O)C2)CC1. The summed E-state index contributed by atoms with van der Waals surface area (Å²) in [5, 5.41) is 4.57. The van der Waals surface area contributed by atoms with Crippen molar-refractivity contribution in [3.8, 4) is 17.1 Å². The minimum absolute atomic E-state index is 0.0670. The maximum atomic E-state index is 13.2. The van der Waals surface area contributed by atoms with E-state index < -0.39 is 9.84 Å². The van der Waals surface area contributed by atoms with Crippen molar-refractivity contribution in [2.24, 2.45) is 0 Å². The Morgan fingerprint density at radius 2 is 1.56 bits per heavy atom. The van der Waals surface area contributed by atoms with E-state index in [1.807, 2.05) is 60.7 Å². The molecule has 0 saturated carbocycles. The summed E-state index contributed by atoms with van der Waals surface area (Å²) in [6.45, 7) is 2.40. The van der Waals surface area contributed by atoms with Gasteiger partial charge in [-0.15, -0.1) is 5.10 Å². The summed E-state index contributed by atoms with van der Waals surface area (Å²) in [5.74, 6) is 1.08. The number of carbonyl (C=O) groups excluding carboxylic acids is 1. The van der Waals surface area contributed by atoms with Gasteiger partial charge in [-0.3, -0.25) is 9.69 Å². The van der Waals surface area contributed by atoms with Gasteiger partial charge in [-0.25, -0.2) is 18.1 Å². The van der Waals surface area contributed by atoms with Gasteiger partial charge in [-0.1, -0.05) is 48.5 Å². The van der Waals surface area contributed by atoms with Crippen LogP contribution < -0.4 is 0 Å². The normalized spacial score (nSPS) is 21.0. The van der Waals surface area contributed by atoms with E-state index in [0.29, 0.717) is 38.4 Å². The van der Waals surface area contributed by atoms with Crippen molar-refractivity contribution in [1.29, 1.82) is 0 Å². The lowest BCUT2D eigenvalue weighted by atomic mass is 10.2. The van der Waals surface area contributed by atoms with Crippen LogP contribution in [0, 0.1) is 0 Å². The lowest BCUT2D eigenvalue weighted by Gasteiger charge is -2.37. The number of carbonyl (C=O) groups is 1. The molecule has 2 saturated heterocycles. The second-order valence-electron chi connectivity index (χ2n) is 8.26. The van der Waals surface area contributed by atoms with Crippen molar-refractivity contribution in [1.82, 2.24) is 24.6 Å². The minimum atomic E-state index is -2.92. The summed E-state index contributed by atoms with van der Waals surface area (Å²) in [4.78, 5) is 21.8. The summed E-state index contributed by atoms with van der Waals surface area (Å²) in [5.41, 5.74) is 1.72. The average Bonchev–Trinajstić information content (AvgIpc) is 3.43. The standard InChI is InChI=1S/C23H25N5O3S/c29-23(27-14-12-26(13-15-27)20-11-16-32(30,31)17-20)21-24-22(18-7-3-1-4-8-18)28(25-21)19-9-5-2-6-10-19/h1-10,20H,11-17H2/t20-/m1/s1. The van der Waals surface area contributed by atoms with E-state index in [1.165, 1.54) is 0 Å². The van der Waals surface area contributed by atoms with E-state index in [4.69, 9.17) is 0 Å². The Bertz CT molecular complexity index is 1150. The van der Waals surface area contributed by atoms with Gasteiger partial charge in [-0.05, 0) is 18.6 Å². The van der Waals surface area contributed by atoms with Crippen molar-refractivity contribution < 1.29 is 13.2 Å². The van der Waals surface area contributed by atoms with Crippen LogP contribution in [0.4, 0.5) is 0 Å². The quantitative estimate of drug-likeness (QED) is 0.602. The third kappa shape index (κ3) is 4.18. The molecule has 2 aliphatic heterocycles. The summed E-state index contributed by atoms with van der Waals surface area (Å²) >= 11 is 0. The highest BCUT2D eigenvalue weighted by Crippen LogP contribution is 2.23. The fourth-order valence-electron chi connectivity index (χ4n) is 4.42. The highest BCUT2D eigenvalue weighted by molar-refractivity contribution is 7.91. The first-order valence-electron chi connectivity index (χ1n) is 10.8. The molecule has 1 amide bonds. The Balaban J connectivity index is 1.36. The van der Waals surface area contributed by atoms with Crippen LogP contribution in [0.25, 0.3) is 17.1 Å². The monoisotopic (exact) mass is 451 g/mol. The second kappa shape index (κ2) is 8.48. The molecule has 9 heteroatoms. The van der Waals surface area contributed by atoms with Crippen LogP contribution in [0.1, 0.15) is 17.0 Å². The van der Waals surface area contributed by atoms with E-state index in [0.717, 1.165) is 11.3 Å². The van der Waals surface area contributed by atoms with Gasteiger partial charge < -0.3 is 4.90 Å². The second-order valence-corrected chi connectivity index (χ2v) is 10.5. The zero-order valence-corrected chi connectivity index (χ0v) is 18.5. The number of hydrogen-bond donors (Lipinski definition) is 0. The molecular formula is C23H25N5O3S. The van der Waals surface area contributed by atoms with E-state index in [2.05, 4.69) is 15.0 Å². The number of rotatable bonds is 4. The van der Waals surface area contributed by atoms with Gasteiger partial charge in [0.05, 0.1) is 17.2 Å². The molecule has 2 fully saturated rings. The zero-order chi connectivity index (χ0) is 22.1. The molecule has 3 aromatic rings. The first kappa shape index (κ1) is 20.8.